The summed E-state index contributed by atoms with van der Waals surface area (Å²) >= 11 is 5.85. The van der Waals surface area contributed by atoms with E-state index in [1.807, 2.05) is 17.0 Å². The maximum atomic E-state index is 14.1. The lowest BCUT2D eigenvalue weighted by atomic mass is 9.56. The first kappa shape index (κ1) is 14.9. The number of hydrogen-bond acceptors (Lipinski definition) is 3. The molecule has 0 amide bonds. The van der Waals surface area contributed by atoms with Crippen molar-refractivity contribution in [1.82, 2.24) is 4.98 Å². The van der Waals surface area contributed by atoms with Gasteiger partial charge in [-0.1, -0.05) is 23.7 Å². The van der Waals surface area contributed by atoms with E-state index in [9.17, 15) is 9.50 Å². The van der Waals surface area contributed by atoms with Gasteiger partial charge in [-0.15, -0.1) is 0 Å². The molecule has 1 N–H and O–H groups in total. The average molecular weight is 333 g/mol. The topological polar surface area (TPSA) is 36.4 Å². The molecule has 3 nitrogen and oxygen atoms in total. The third-order valence-electron chi connectivity index (χ3n) is 5.19. The lowest BCUT2D eigenvalue weighted by Gasteiger charge is -2.60. The number of pyridine rings is 1. The number of halogens is 2. The van der Waals surface area contributed by atoms with Gasteiger partial charge in [0.2, 0.25) is 0 Å². The van der Waals surface area contributed by atoms with Crippen LogP contribution in [0.1, 0.15) is 24.5 Å². The van der Waals surface area contributed by atoms with Crippen LogP contribution in [0, 0.1) is 17.2 Å². The van der Waals surface area contributed by atoms with Gasteiger partial charge in [-0.3, -0.25) is 4.98 Å². The molecule has 0 radical (unpaired) electrons. The fourth-order valence-corrected chi connectivity index (χ4v) is 4.20. The number of benzene rings is 1. The molecule has 1 aromatic heterocycles. The van der Waals surface area contributed by atoms with Crippen molar-refractivity contribution in [3.63, 3.8) is 0 Å². The largest absolute Gasteiger partial charge is 0.388 e. The Hall–Kier alpha value is -1.65. The third kappa shape index (κ3) is 2.50. The lowest BCUT2D eigenvalue weighted by Crippen LogP contribution is -2.63. The predicted molar refractivity (Wildman–Crippen MR) is 88.0 cm³/mol. The summed E-state index contributed by atoms with van der Waals surface area (Å²) in [5, 5.41) is 10.6. The van der Waals surface area contributed by atoms with Crippen molar-refractivity contribution in [3.8, 4) is 0 Å². The van der Waals surface area contributed by atoms with Crippen LogP contribution in [0.15, 0.2) is 42.7 Å². The Morgan fingerprint density at radius 2 is 2.04 bits per heavy atom. The van der Waals surface area contributed by atoms with Gasteiger partial charge >= 0.3 is 0 Å². The van der Waals surface area contributed by atoms with Crippen molar-refractivity contribution in [1.29, 1.82) is 0 Å². The van der Waals surface area contributed by atoms with Crippen LogP contribution in [0.25, 0.3) is 0 Å². The van der Waals surface area contributed by atoms with Crippen LogP contribution < -0.4 is 4.90 Å². The molecule has 1 saturated heterocycles. The highest BCUT2D eigenvalue weighted by Gasteiger charge is 2.54. The molecular formula is C18H18ClFN2O. The van der Waals surface area contributed by atoms with Crippen LogP contribution in [0.5, 0.6) is 0 Å². The summed E-state index contributed by atoms with van der Waals surface area (Å²) in [7, 11) is 0. The first-order valence-corrected chi connectivity index (χ1v) is 8.23. The summed E-state index contributed by atoms with van der Waals surface area (Å²) in [6.07, 6.45) is 4.93. The number of nitrogens with zero attached hydrogens (tertiary/aromatic N) is 2. The molecule has 4 rings (SSSR count). The van der Waals surface area contributed by atoms with Crippen molar-refractivity contribution >= 4 is 17.3 Å². The van der Waals surface area contributed by atoms with E-state index < -0.39 is 6.10 Å². The fraction of sp³-hybridized carbons (Fsp3) is 0.389. The Bertz CT molecular complexity index is 710. The maximum absolute atomic E-state index is 14.1. The minimum absolute atomic E-state index is 0.168. The van der Waals surface area contributed by atoms with Gasteiger partial charge in [-0.25, -0.2) is 4.39 Å². The van der Waals surface area contributed by atoms with E-state index in [1.165, 1.54) is 0 Å². The van der Waals surface area contributed by atoms with Crippen molar-refractivity contribution in [2.24, 2.45) is 11.3 Å². The second-order valence-corrected chi connectivity index (χ2v) is 7.24. The molecule has 2 aromatic rings. The number of hydrogen-bond donors (Lipinski definition) is 1. The van der Waals surface area contributed by atoms with E-state index in [4.69, 9.17) is 11.6 Å². The zero-order valence-electron chi connectivity index (χ0n) is 12.6. The molecule has 1 spiro atoms. The molecule has 2 heterocycles. The van der Waals surface area contributed by atoms with Crippen molar-refractivity contribution in [2.75, 3.05) is 18.0 Å². The van der Waals surface area contributed by atoms with Crippen molar-refractivity contribution in [3.05, 3.63) is 59.1 Å². The van der Waals surface area contributed by atoms with Gasteiger partial charge in [0.1, 0.15) is 0 Å². The lowest BCUT2D eigenvalue weighted by molar-refractivity contribution is -0.0511. The fourth-order valence-electron chi connectivity index (χ4n) is 4.03. The number of aromatic nitrogens is 1. The molecule has 1 atom stereocenters. The maximum Gasteiger partial charge on any atom is 0.165 e. The van der Waals surface area contributed by atoms with Gasteiger partial charge in [-0.05, 0) is 42.5 Å². The van der Waals surface area contributed by atoms with Gasteiger partial charge in [0.05, 0.1) is 16.8 Å². The van der Waals surface area contributed by atoms with Gasteiger partial charge in [0, 0.05) is 30.9 Å². The van der Waals surface area contributed by atoms with Crippen molar-refractivity contribution < 1.29 is 9.50 Å². The normalized spacial score (nSPS) is 20.9. The summed E-state index contributed by atoms with van der Waals surface area (Å²) in [5.41, 5.74) is 1.69. The number of anilines is 1. The van der Waals surface area contributed by atoms with Crippen LogP contribution in [-0.4, -0.2) is 23.2 Å². The number of rotatable bonds is 3. The summed E-state index contributed by atoms with van der Waals surface area (Å²) in [4.78, 5) is 6.10. The van der Waals surface area contributed by atoms with E-state index in [-0.39, 0.29) is 22.2 Å². The first-order chi connectivity index (χ1) is 11.1. The Morgan fingerprint density at radius 3 is 2.74 bits per heavy atom. The van der Waals surface area contributed by atoms with Gasteiger partial charge < -0.3 is 10.0 Å². The Balaban J connectivity index is 1.38. The number of aliphatic hydroxyl groups is 1. The predicted octanol–water partition coefficient (Wildman–Crippen LogP) is 3.82. The van der Waals surface area contributed by atoms with Crippen LogP contribution >= 0.6 is 11.6 Å². The van der Waals surface area contributed by atoms with Crippen LogP contribution in [0.4, 0.5) is 10.1 Å². The van der Waals surface area contributed by atoms with E-state index in [0.29, 0.717) is 5.69 Å². The Kier molecular flexibility index (Phi) is 3.54. The molecule has 1 unspecified atom stereocenters. The Labute approximate surface area is 139 Å². The van der Waals surface area contributed by atoms with E-state index >= 15 is 0 Å². The standard InChI is InChI=1S/C18H18ClFN2O/c19-14-4-1-5-15(16(14)20)22-10-18(11-22)7-13(8-18)17(23)12-3-2-6-21-9-12/h1-6,9,13,17,23H,7-8,10-11H2. The zero-order chi connectivity index (χ0) is 16.0. The van der Waals surface area contributed by atoms with Crippen molar-refractivity contribution in [2.45, 2.75) is 18.9 Å². The molecule has 2 aliphatic rings. The molecule has 5 heteroatoms. The highest BCUT2D eigenvalue weighted by molar-refractivity contribution is 6.31. The van der Waals surface area contributed by atoms with E-state index in [2.05, 4.69) is 4.98 Å². The molecule has 1 saturated carbocycles. The zero-order valence-corrected chi connectivity index (χ0v) is 13.4. The molecular weight excluding hydrogens is 315 g/mol. The van der Waals surface area contributed by atoms with Crippen LogP contribution in [-0.2, 0) is 0 Å². The molecule has 120 valence electrons. The van der Waals surface area contributed by atoms with Gasteiger partial charge in [0.15, 0.2) is 5.82 Å². The SMILES string of the molecule is OC(c1cccnc1)C1CC2(C1)CN(c1cccc(Cl)c1F)C2. The van der Waals surface area contributed by atoms with Gasteiger partial charge in [0.25, 0.3) is 0 Å². The summed E-state index contributed by atoms with van der Waals surface area (Å²) in [5.74, 6) is -0.0687. The second kappa shape index (κ2) is 5.46. The molecule has 1 aromatic carbocycles. The second-order valence-electron chi connectivity index (χ2n) is 6.83. The van der Waals surface area contributed by atoms with E-state index in [0.717, 1.165) is 31.5 Å². The third-order valence-corrected chi connectivity index (χ3v) is 5.48. The van der Waals surface area contributed by atoms with Crippen LogP contribution in [0.3, 0.4) is 0 Å². The molecule has 23 heavy (non-hydrogen) atoms. The first-order valence-electron chi connectivity index (χ1n) is 7.85. The number of aliphatic hydroxyl groups excluding tert-OH is 1. The summed E-state index contributed by atoms with van der Waals surface area (Å²) in [6.45, 7) is 1.67. The molecule has 1 aliphatic heterocycles. The summed E-state index contributed by atoms with van der Waals surface area (Å²) in [6, 6.07) is 8.88. The minimum atomic E-state index is -0.453. The van der Waals surface area contributed by atoms with E-state index in [1.54, 1.807) is 30.6 Å². The monoisotopic (exact) mass is 332 g/mol. The molecule has 1 aliphatic carbocycles. The smallest absolute Gasteiger partial charge is 0.165 e. The quantitative estimate of drug-likeness (QED) is 0.928. The highest BCUT2D eigenvalue weighted by atomic mass is 35.5. The minimum Gasteiger partial charge on any atom is -0.388 e. The summed E-state index contributed by atoms with van der Waals surface area (Å²) < 4.78 is 14.1. The Morgan fingerprint density at radius 1 is 1.26 bits per heavy atom. The average Bonchev–Trinajstić information content (AvgIpc) is 2.49. The molecule has 0 bridgehead atoms. The molecule has 2 fully saturated rings. The highest BCUT2D eigenvalue weighted by Crippen LogP contribution is 2.56. The van der Waals surface area contributed by atoms with Gasteiger partial charge in [-0.2, -0.15) is 0 Å². The van der Waals surface area contributed by atoms with Crippen LogP contribution in [0.2, 0.25) is 5.02 Å².